The fourth-order valence-corrected chi connectivity index (χ4v) is 4.85. The second-order valence-corrected chi connectivity index (χ2v) is 14.1. The fourth-order valence-electron chi connectivity index (χ4n) is 4.85. The first-order valence-electron chi connectivity index (χ1n) is 12.0. The molecule has 0 amide bonds. The van der Waals surface area contributed by atoms with Crippen molar-refractivity contribution < 1.29 is 0 Å². The van der Waals surface area contributed by atoms with Gasteiger partial charge in [-0.15, -0.1) is 0 Å². The van der Waals surface area contributed by atoms with Gasteiger partial charge in [-0.25, -0.2) is 0 Å². The summed E-state index contributed by atoms with van der Waals surface area (Å²) in [5.74, 6) is 0. The molecule has 0 N–H and O–H groups in total. The first-order valence-corrected chi connectivity index (χ1v) is 12.0. The van der Waals surface area contributed by atoms with Gasteiger partial charge in [0.25, 0.3) is 0 Å². The van der Waals surface area contributed by atoms with Crippen LogP contribution in [0.5, 0.6) is 0 Å². The van der Waals surface area contributed by atoms with Gasteiger partial charge in [0.1, 0.15) is 0 Å². The van der Waals surface area contributed by atoms with Gasteiger partial charge < -0.3 is 0 Å². The summed E-state index contributed by atoms with van der Waals surface area (Å²) in [5, 5.41) is 0. The van der Waals surface area contributed by atoms with Crippen LogP contribution in [0, 0.1) is 0 Å². The van der Waals surface area contributed by atoms with E-state index in [4.69, 9.17) is 0 Å². The highest BCUT2D eigenvalue weighted by Crippen LogP contribution is 2.47. The summed E-state index contributed by atoms with van der Waals surface area (Å²) in [5.41, 5.74) is 9.11. The van der Waals surface area contributed by atoms with Gasteiger partial charge in [0.15, 0.2) is 0 Å². The molecule has 0 heterocycles. The first kappa shape index (κ1) is 25.7. The lowest BCUT2D eigenvalue weighted by Crippen LogP contribution is -2.33. The highest BCUT2D eigenvalue weighted by Gasteiger charge is 2.37. The summed E-state index contributed by atoms with van der Waals surface area (Å²) in [4.78, 5) is 0. The molecule has 0 nitrogen and oxygen atoms in total. The van der Waals surface area contributed by atoms with Crippen LogP contribution in [-0.2, 0) is 27.1 Å². The third-order valence-electron chi connectivity index (χ3n) is 6.66. The third-order valence-corrected chi connectivity index (χ3v) is 6.66. The Bertz CT molecular complexity index is 909. The van der Waals surface area contributed by atoms with Crippen LogP contribution in [0.2, 0.25) is 0 Å². The molecular formula is C31H48. The largest absolute Gasteiger partial charge is 0.0582 e. The predicted molar refractivity (Wildman–Crippen MR) is 140 cm³/mol. The van der Waals surface area contributed by atoms with Gasteiger partial charge in [-0.1, -0.05) is 133 Å². The molecule has 0 aromatic heterocycles. The fraction of sp³-hybridized carbons (Fsp3) is 0.613. The minimum atomic E-state index is -0.0740. The second-order valence-electron chi connectivity index (χ2n) is 14.1. The van der Waals surface area contributed by atoms with Crippen LogP contribution >= 0.6 is 0 Å². The Morgan fingerprint density at radius 2 is 0.710 bits per heavy atom. The Hall–Kier alpha value is -1.56. The average molecular weight is 421 g/mol. The van der Waals surface area contributed by atoms with Gasteiger partial charge in [-0.2, -0.15) is 0 Å². The van der Waals surface area contributed by atoms with Gasteiger partial charge in [-0.05, 0) is 55.0 Å². The van der Waals surface area contributed by atoms with Crippen molar-refractivity contribution in [3.05, 3.63) is 69.8 Å². The smallest absolute Gasteiger partial charge is 0.0149 e. The lowest BCUT2D eigenvalue weighted by molar-refractivity contribution is 0.483. The zero-order valence-corrected chi connectivity index (χ0v) is 23.0. The Morgan fingerprint density at radius 3 is 1.06 bits per heavy atom. The molecule has 2 aromatic rings. The molecule has 0 bridgehead atoms. The summed E-state index contributed by atoms with van der Waals surface area (Å²) < 4.78 is 0. The number of hydrogen-bond donors (Lipinski definition) is 0. The molecular weight excluding hydrogens is 372 g/mol. The van der Waals surface area contributed by atoms with Gasteiger partial charge in [-0.3, -0.25) is 0 Å². The van der Waals surface area contributed by atoms with E-state index in [-0.39, 0.29) is 27.1 Å². The summed E-state index contributed by atoms with van der Waals surface area (Å²) in [6.45, 7) is 33.0. The molecule has 0 unspecified atom stereocenters. The van der Waals surface area contributed by atoms with Crippen molar-refractivity contribution in [3.8, 4) is 0 Å². The van der Waals surface area contributed by atoms with Gasteiger partial charge in [0.05, 0.1) is 0 Å². The molecule has 2 aromatic carbocycles. The van der Waals surface area contributed by atoms with Crippen molar-refractivity contribution in [1.82, 2.24) is 0 Å². The van der Waals surface area contributed by atoms with Gasteiger partial charge >= 0.3 is 0 Å². The Balaban J connectivity index is 2.87. The standard InChI is InChI=1S/C31H48/c1-27(2,3)21-15-17-22(18-16-21)31(13,14)24-20-19-23(28(4,5)6)25(29(7,8)9)26(24)30(10,11)12/h15-20H,1-14H3. The van der Waals surface area contributed by atoms with E-state index in [9.17, 15) is 0 Å². The Kier molecular flexibility index (Phi) is 6.46. The van der Waals surface area contributed by atoms with Crippen LogP contribution in [0.3, 0.4) is 0 Å². The van der Waals surface area contributed by atoms with Gasteiger partial charge in [0, 0.05) is 5.41 Å². The van der Waals surface area contributed by atoms with Crippen LogP contribution in [-0.4, -0.2) is 0 Å². The van der Waals surface area contributed by atoms with Crippen molar-refractivity contribution >= 4 is 0 Å². The van der Waals surface area contributed by atoms with E-state index in [1.165, 1.54) is 33.4 Å². The molecule has 0 aliphatic rings. The zero-order valence-electron chi connectivity index (χ0n) is 23.0. The molecule has 0 saturated carbocycles. The molecule has 2 rings (SSSR count). The van der Waals surface area contributed by atoms with Crippen molar-refractivity contribution in [1.29, 1.82) is 0 Å². The normalized spacial score (nSPS) is 14.1. The molecule has 0 fully saturated rings. The van der Waals surface area contributed by atoms with E-state index in [0.717, 1.165) is 0 Å². The molecule has 172 valence electrons. The molecule has 0 aliphatic heterocycles. The minimum absolute atomic E-state index is 0.0574. The summed E-state index contributed by atoms with van der Waals surface area (Å²) in [6, 6.07) is 14.2. The molecule has 0 aliphatic carbocycles. The highest BCUT2D eigenvalue weighted by molar-refractivity contribution is 5.55. The Labute approximate surface area is 193 Å². The third kappa shape index (κ3) is 5.27. The molecule has 0 atom stereocenters. The van der Waals surface area contributed by atoms with Crippen LogP contribution in [0.4, 0.5) is 0 Å². The van der Waals surface area contributed by atoms with E-state index < -0.39 is 0 Å². The maximum atomic E-state index is 2.42. The second kappa shape index (κ2) is 7.79. The SMILES string of the molecule is CC(C)(C)c1ccc(C(C)(C)c2ccc(C(C)(C)C)c(C(C)(C)C)c2C(C)(C)C)cc1. The molecule has 0 radical (unpaired) electrons. The van der Waals surface area contributed by atoms with Crippen LogP contribution in [0.1, 0.15) is 130 Å². The first-order chi connectivity index (χ1) is 13.7. The van der Waals surface area contributed by atoms with Crippen LogP contribution < -0.4 is 0 Å². The predicted octanol–water partition coefficient (Wildman–Crippen LogP) is 9.20. The van der Waals surface area contributed by atoms with Crippen molar-refractivity contribution in [2.24, 2.45) is 0 Å². The molecule has 0 heteroatoms. The average Bonchev–Trinajstić information content (AvgIpc) is 2.57. The van der Waals surface area contributed by atoms with Crippen molar-refractivity contribution in [2.45, 2.75) is 124 Å². The molecule has 0 saturated heterocycles. The van der Waals surface area contributed by atoms with Crippen LogP contribution in [0.25, 0.3) is 0 Å². The van der Waals surface area contributed by atoms with E-state index in [2.05, 4.69) is 133 Å². The van der Waals surface area contributed by atoms with E-state index in [0.29, 0.717) is 0 Å². The van der Waals surface area contributed by atoms with E-state index in [1.54, 1.807) is 0 Å². The van der Waals surface area contributed by atoms with Crippen molar-refractivity contribution in [2.75, 3.05) is 0 Å². The van der Waals surface area contributed by atoms with Crippen molar-refractivity contribution in [3.63, 3.8) is 0 Å². The maximum Gasteiger partial charge on any atom is 0.0149 e. The summed E-state index contributed by atoms with van der Waals surface area (Å²) in [7, 11) is 0. The molecule has 31 heavy (non-hydrogen) atoms. The number of rotatable bonds is 2. The topological polar surface area (TPSA) is 0 Å². The van der Waals surface area contributed by atoms with Gasteiger partial charge in [0.2, 0.25) is 0 Å². The Morgan fingerprint density at radius 1 is 0.355 bits per heavy atom. The summed E-state index contributed by atoms with van der Waals surface area (Å²) >= 11 is 0. The molecule has 0 spiro atoms. The van der Waals surface area contributed by atoms with Crippen LogP contribution in [0.15, 0.2) is 36.4 Å². The van der Waals surface area contributed by atoms with E-state index in [1.807, 2.05) is 0 Å². The summed E-state index contributed by atoms with van der Waals surface area (Å²) in [6.07, 6.45) is 0. The maximum absolute atomic E-state index is 2.42. The lowest BCUT2D eigenvalue weighted by Gasteiger charge is -2.41. The minimum Gasteiger partial charge on any atom is -0.0582 e. The highest BCUT2D eigenvalue weighted by atomic mass is 14.4. The zero-order chi connectivity index (χ0) is 24.2. The monoisotopic (exact) mass is 420 g/mol. The lowest BCUT2D eigenvalue weighted by atomic mass is 9.63. The number of benzene rings is 2. The number of hydrogen-bond acceptors (Lipinski definition) is 0. The van der Waals surface area contributed by atoms with E-state index >= 15 is 0 Å². The quantitative estimate of drug-likeness (QED) is 0.454.